The van der Waals surface area contributed by atoms with Gasteiger partial charge < -0.3 is 11.1 Å². The predicted octanol–water partition coefficient (Wildman–Crippen LogP) is 2.87. The van der Waals surface area contributed by atoms with E-state index < -0.39 is 0 Å². The van der Waals surface area contributed by atoms with Gasteiger partial charge in [0.05, 0.1) is 21.4 Å². The van der Waals surface area contributed by atoms with Crippen molar-refractivity contribution < 1.29 is 4.79 Å². The van der Waals surface area contributed by atoms with E-state index in [1.165, 1.54) is 10.7 Å². The summed E-state index contributed by atoms with van der Waals surface area (Å²) in [6.07, 6.45) is 0. The van der Waals surface area contributed by atoms with Crippen LogP contribution in [-0.2, 0) is 7.05 Å². The number of hydrogen-bond acceptors (Lipinski definition) is 3. The lowest BCUT2D eigenvalue weighted by atomic mass is 10.2. The molecule has 5 nitrogen and oxygen atoms in total. The van der Waals surface area contributed by atoms with Crippen molar-refractivity contribution in [3.05, 3.63) is 39.5 Å². The normalized spacial score (nSPS) is 10.5. The van der Waals surface area contributed by atoms with Crippen molar-refractivity contribution in [2.75, 3.05) is 11.1 Å². The Hall–Kier alpha value is -1.72. The van der Waals surface area contributed by atoms with Gasteiger partial charge in [0.15, 0.2) is 5.82 Å². The molecule has 2 aromatic rings. The Labute approximate surface area is 120 Å². The van der Waals surface area contributed by atoms with Gasteiger partial charge in [0.1, 0.15) is 0 Å². The number of carbonyl (C=O) groups excluding carboxylic acids is 1. The summed E-state index contributed by atoms with van der Waals surface area (Å²) in [6.45, 7) is 1.77. The van der Waals surface area contributed by atoms with Crippen LogP contribution in [0.25, 0.3) is 0 Å². The van der Waals surface area contributed by atoms with Crippen LogP contribution in [0.1, 0.15) is 16.1 Å². The highest BCUT2D eigenvalue weighted by molar-refractivity contribution is 6.42. The van der Waals surface area contributed by atoms with Gasteiger partial charge in [0.25, 0.3) is 5.91 Å². The molecule has 1 amide bonds. The molecule has 0 saturated heterocycles. The Kier molecular flexibility index (Phi) is 3.68. The number of halogens is 2. The number of nitrogen functional groups attached to an aromatic ring is 1. The van der Waals surface area contributed by atoms with Crippen LogP contribution in [0.15, 0.2) is 18.2 Å². The minimum atomic E-state index is -0.326. The number of aryl methyl sites for hydroxylation is 2. The number of nitrogens with one attached hydrogen (secondary N) is 1. The molecule has 0 spiro atoms. The number of rotatable bonds is 2. The van der Waals surface area contributed by atoms with Crippen LogP contribution < -0.4 is 11.1 Å². The molecule has 2 rings (SSSR count). The first-order valence-corrected chi connectivity index (χ1v) is 6.21. The van der Waals surface area contributed by atoms with Crippen molar-refractivity contribution in [1.29, 1.82) is 0 Å². The zero-order valence-electron chi connectivity index (χ0n) is 10.4. The number of anilines is 2. The van der Waals surface area contributed by atoms with Gasteiger partial charge in [-0.15, -0.1) is 0 Å². The van der Waals surface area contributed by atoms with E-state index in [4.69, 9.17) is 28.9 Å². The number of hydrogen-bond donors (Lipinski definition) is 2. The molecule has 0 fully saturated rings. The van der Waals surface area contributed by atoms with Crippen LogP contribution in [0.4, 0.5) is 11.5 Å². The van der Waals surface area contributed by atoms with Crippen LogP contribution >= 0.6 is 23.2 Å². The third kappa shape index (κ3) is 2.67. The third-order valence-electron chi connectivity index (χ3n) is 2.68. The van der Waals surface area contributed by atoms with Gasteiger partial charge in [0.2, 0.25) is 0 Å². The number of benzene rings is 1. The topological polar surface area (TPSA) is 72.9 Å². The smallest absolute Gasteiger partial charge is 0.256 e. The maximum absolute atomic E-state index is 12.1. The molecular formula is C12H12Cl2N4O. The molecule has 7 heteroatoms. The number of aromatic nitrogens is 2. The van der Waals surface area contributed by atoms with Gasteiger partial charge >= 0.3 is 0 Å². The molecule has 0 unspecified atom stereocenters. The average molecular weight is 299 g/mol. The maximum atomic E-state index is 12.1. The first kappa shape index (κ1) is 13.7. The lowest BCUT2D eigenvalue weighted by Crippen LogP contribution is -2.15. The van der Waals surface area contributed by atoms with Crippen molar-refractivity contribution in [3.63, 3.8) is 0 Å². The van der Waals surface area contributed by atoms with E-state index in [1.807, 2.05) is 0 Å². The first-order chi connectivity index (χ1) is 8.90. The molecule has 1 aromatic heterocycles. The highest BCUT2D eigenvalue weighted by Gasteiger charge is 2.14. The van der Waals surface area contributed by atoms with Gasteiger partial charge in [-0.3, -0.25) is 9.48 Å². The molecule has 1 heterocycles. The van der Waals surface area contributed by atoms with E-state index in [9.17, 15) is 4.79 Å². The Balaban J connectivity index is 2.28. The summed E-state index contributed by atoms with van der Waals surface area (Å²) in [7, 11) is 1.70. The van der Waals surface area contributed by atoms with Crippen molar-refractivity contribution in [3.8, 4) is 0 Å². The van der Waals surface area contributed by atoms with Gasteiger partial charge in [-0.05, 0) is 25.1 Å². The molecule has 0 bridgehead atoms. The Bertz CT molecular complexity index is 651. The molecule has 100 valence electrons. The fourth-order valence-corrected chi connectivity index (χ4v) is 1.94. The summed E-state index contributed by atoms with van der Waals surface area (Å²) in [6, 6.07) is 4.65. The molecule has 0 saturated carbocycles. The summed E-state index contributed by atoms with van der Waals surface area (Å²) in [4.78, 5) is 12.1. The average Bonchev–Trinajstić information content (AvgIpc) is 2.59. The summed E-state index contributed by atoms with van der Waals surface area (Å²) < 4.78 is 1.51. The highest BCUT2D eigenvalue weighted by Crippen LogP contribution is 2.25. The predicted molar refractivity (Wildman–Crippen MR) is 76.8 cm³/mol. The second-order valence-corrected chi connectivity index (χ2v) is 4.87. The molecule has 0 radical (unpaired) electrons. The van der Waals surface area contributed by atoms with Crippen molar-refractivity contribution >= 4 is 40.6 Å². The summed E-state index contributed by atoms with van der Waals surface area (Å²) in [5.41, 5.74) is 7.33. The van der Waals surface area contributed by atoms with E-state index in [1.54, 1.807) is 26.1 Å². The molecule has 0 aliphatic rings. The molecule has 3 N–H and O–H groups in total. The van der Waals surface area contributed by atoms with Crippen molar-refractivity contribution in [2.45, 2.75) is 6.92 Å². The monoisotopic (exact) mass is 298 g/mol. The van der Waals surface area contributed by atoms with Crippen molar-refractivity contribution in [2.24, 2.45) is 7.05 Å². The molecule has 0 aliphatic heterocycles. The first-order valence-electron chi connectivity index (χ1n) is 5.45. The molecule has 19 heavy (non-hydrogen) atoms. The lowest BCUT2D eigenvalue weighted by Gasteiger charge is -2.07. The van der Waals surface area contributed by atoms with Crippen LogP contribution in [-0.4, -0.2) is 15.7 Å². The van der Waals surface area contributed by atoms with Crippen LogP contribution in [0.3, 0.4) is 0 Å². The van der Waals surface area contributed by atoms with Crippen LogP contribution in [0.2, 0.25) is 10.0 Å². The van der Waals surface area contributed by atoms with Crippen LogP contribution in [0.5, 0.6) is 0 Å². The number of nitrogens with zero attached hydrogens (tertiary/aromatic N) is 2. The highest BCUT2D eigenvalue weighted by atomic mass is 35.5. The lowest BCUT2D eigenvalue weighted by molar-refractivity contribution is 0.102. The Morgan fingerprint density at radius 2 is 2.05 bits per heavy atom. The van der Waals surface area contributed by atoms with E-state index in [0.717, 1.165) is 0 Å². The zero-order chi connectivity index (χ0) is 14.2. The summed E-state index contributed by atoms with van der Waals surface area (Å²) >= 11 is 11.7. The van der Waals surface area contributed by atoms with Gasteiger partial charge in [-0.2, -0.15) is 5.10 Å². The Morgan fingerprint density at radius 1 is 1.37 bits per heavy atom. The van der Waals surface area contributed by atoms with E-state index >= 15 is 0 Å². The number of nitrogens with two attached hydrogens (primary N) is 1. The van der Waals surface area contributed by atoms with Gasteiger partial charge in [0, 0.05) is 12.6 Å². The molecular weight excluding hydrogens is 287 g/mol. The fourth-order valence-electron chi connectivity index (χ4n) is 1.64. The second kappa shape index (κ2) is 5.11. The van der Waals surface area contributed by atoms with Gasteiger partial charge in [-0.1, -0.05) is 23.2 Å². The van der Waals surface area contributed by atoms with Gasteiger partial charge in [-0.25, -0.2) is 0 Å². The fraction of sp³-hybridized carbons (Fsp3) is 0.167. The van der Waals surface area contributed by atoms with E-state index in [-0.39, 0.29) is 5.91 Å². The number of carbonyl (C=O) groups is 1. The summed E-state index contributed by atoms with van der Waals surface area (Å²) in [5, 5.41) is 7.54. The SMILES string of the molecule is Cc1nn(C)c(NC(=O)c2ccc(Cl)c(Cl)c2)c1N. The van der Waals surface area contributed by atoms with E-state index in [0.29, 0.717) is 32.8 Å². The molecule has 1 aromatic carbocycles. The molecule has 0 atom stereocenters. The minimum absolute atomic E-state index is 0.323. The minimum Gasteiger partial charge on any atom is -0.394 e. The standard InChI is InChI=1S/C12H12Cl2N4O/c1-6-10(15)11(18(2)17-6)16-12(19)7-3-4-8(13)9(14)5-7/h3-5H,15H2,1-2H3,(H,16,19). The maximum Gasteiger partial charge on any atom is 0.256 e. The third-order valence-corrected chi connectivity index (χ3v) is 3.42. The second-order valence-electron chi connectivity index (χ2n) is 4.05. The van der Waals surface area contributed by atoms with Crippen molar-refractivity contribution in [1.82, 2.24) is 9.78 Å². The zero-order valence-corrected chi connectivity index (χ0v) is 11.9. The quantitative estimate of drug-likeness (QED) is 0.895. The number of amides is 1. The molecule has 0 aliphatic carbocycles. The largest absolute Gasteiger partial charge is 0.394 e. The Morgan fingerprint density at radius 3 is 2.58 bits per heavy atom. The van der Waals surface area contributed by atoms with E-state index in [2.05, 4.69) is 10.4 Å². The summed E-state index contributed by atoms with van der Waals surface area (Å²) in [5.74, 6) is 0.127. The van der Waals surface area contributed by atoms with Crippen LogP contribution in [0, 0.1) is 6.92 Å².